The average molecular weight is 478 g/mol. The lowest BCUT2D eigenvalue weighted by Crippen LogP contribution is -2.64. The number of rotatable bonds is 5. The number of benzene rings is 1. The normalized spacial score (nSPS) is 25.3. The Hall–Kier alpha value is -2.27. The number of carbonyl (C=O) groups excluding carboxylic acids is 1. The second kappa shape index (κ2) is 8.83. The molecule has 0 unspecified atom stereocenters. The number of ether oxygens (including phenoxy) is 2. The fraction of sp³-hybridized carbons (Fsp3) is 0.565. The number of piperidine rings is 1. The molecule has 33 heavy (non-hydrogen) atoms. The highest BCUT2D eigenvalue weighted by Gasteiger charge is 2.49. The summed E-state index contributed by atoms with van der Waals surface area (Å²) in [5.41, 5.74) is -0.220. The van der Waals surface area contributed by atoms with E-state index in [1.165, 1.54) is 0 Å². The molecule has 9 nitrogen and oxygen atoms in total. The Morgan fingerprint density at radius 1 is 1.33 bits per heavy atom. The van der Waals surface area contributed by atoms with Crippen molar-refractivity contribution in [3.05, 3.63) is 36.0 Å². The molecular weight excluding hydrogens is 446 g/mol. The molecule has 2 aromatic rings. The van der Waals surface area contributed by atoms with Crippen molar-refractivity contribution >= 4 is 26.8 Å². The predicted molar refractivity (Wildman–Crippen MR) is 123 cm³/mol. The van der Waals surface area contributed by atoms with Crippen LogP contribution < -0.4 is 9.46 Å². The van der Waals surface area contributed by atoms with Crippen LogP contribution in [0.1, 0.15) is 31.9 Å². The van der Waals surface area contributed by atoms with Crippen LogP contribution in [0.2, 0.25) is 0 Å². The number of amides is 1. The molecule has 2 fully saturated rings. The summed E-state index contributed by atoms with van der Waals surface area (Å²) in [5.74, 6) is 0.518. The van der Waals surface area contributed by atoms with Crippen molar-refractivity contribution in [1.29, 1.82) is 0 Å². The number of sulfonamides is 1. The molecular formula is C23H31N3O6S. The standard InChI is InChI=1S/C23H31N3O6S/c1-16-12-19(17-6-4-5-7-18(17)24-16)31-14-21(27)26-10-8-23(9-11-26)13-20(25-33(3,29)30)22(2,28)15-32-23/h4-7,12,20,25,28H,8-11,13-15H2,1-3H3/t20-,22-/m0/s1. The minimum absolute atomic E-state index is 0.0334. The van der Waals surface area contributed by atoms with E-state index in [1.807, 2.05) is 37.3 Å². The van der Waals surface area contributed by atoms with Gasteiger partial charge in [-0.1, -0.05) is 12.1 Å². The first-order valence-corrected chi connectivity index (χ1v) is 13.0. The van der Waals surface area contributed by atoms with Crippen LogP contribution in [0.15, 0.2) is 30.3 Å². The number of fused-ring (bicyclic) bond motifs is 1. The molecule has 0 aliphatic carbocycles. The van der Waals surface area contributed by atoms with Crippen LogP contribution in [0, 0.1) is 6.92 Å². The molecule has 4 rings (SSSR count). The summed E-state index contributed by atoms with van der Waals surface area (Å²) in [6, 6.07) is 8.84. The van der Waals surface area contributed by atoms with Gasteiger partial charge in [-0.15, -0.1) is 0 Å². The summed E-state index contributed by atoms with van der Waals surface area (Å²) in [6.07, 6.45) is 2.57. The van der Waals surface area contributed by atoms with E-state index in [0.717, 1.165) is 22.9 Å². The van der Waals surface area contributed by atoms with E-state index in [-0.39, 0.29) is 19.1 Å². The van der Waals surface area contributed by atoms with E-state index in [1.54, 1.807) is 11.8 Å². The number of likely N-dealkylation sites (tertiary alicyclic amines) is 1. The Kier molecular flexibility index (Phi) is 6.38. The fourth-order valence-corrected chi connectivity index (χ4v) is 5.46. The number of hydrogen-bond acceptors (Lipinski definition) is 7. The molecule has 0 radical (unpaired) electrons. The van der Waals surface area contributed by atoms with Gasteiger partial charge >= 0.3 is 0 Å². The topological polar surface area (TPSA) is 118 Å². The molecule has 2 saturated heterocycles. The smallest absolute Gasteiger partial charge is 0.260 e. The largest absolute Gasteiger partial charge is 0.483 e. The van der Waals surface area contributed by atoms with Gasteiger partial charge in [-0.2, -0.15) is 0 Å². The Morgan fingerprint density at radius 2 is 2.03 bits per heavy atom. The number of nitrogens with zero attached hydrogens (tertiary/aromatic N) is 2. The number of hydrogen-bond donors (Lipinski definition) is 2. The van der Waals surface area contributed by atoms with Gasteiger partial charge in [-0.3, -0.25) is 9.78 Å². The summed E-state index contributed by atoms with van der Waals surface area (Å²) >= 11 is 0. The molecule has 0 saturated carbocycles. The van der Waals surface area contributed by atoms with Gasteiger partial charge < -0.3 is 19.5 Å². The summed E-state index contributed by atoms with van der Waals surface area (Å²) in [4.78, 5) is 19.1. The molecule has 180 valence electrons. The van der Waals surface area contributed by atoms with Crippen molar-refractivity contribution in [2.45, 2.75) is 50.4 Å². The van der Waals surface area contributed by atoms with E-state index < -0.39 is 27.3 Å². The Balaban J connectivity index is 1.37. The van der Waals surface area contributed by atoms with Crippen molar-refractivity contribution in [1.82, 2.24) is 14.6 Å². The number of aryl methyl sites for hydroxylation is 1. The summed E-state index contributed by atoms with van der Waals surface area (Å²) in [7, 11) is -3.48. The van der Waals surface area contributed by atoms with Crippen molar-refractivity contribution < 1.29 is 27.8 Å². The van der Waals surface area contributed by atoms with Gasteiger partial charge in [0.25, 0.3) is 5.91 Å². The fourth-order valence-electron chi connectivity index (χ4n) is 4.61. The zero-order chi connectivity index (χ0) is 23.9. The maximum atomic E-state index is 12.8. The molecule has 2 atom stereocenters. The average Bonchev–Trinajstić information content (AvgIpc) is 2.74. The first-order valence-electron chi connectivity index (χ1n) is 11.1. The molecule has 10 heteroatoms. The van der Waals surface area contributed by atoms with Crippen molar-refractivity contribution in [3.63, 3.8) is 0 Å². The third kappa shape index (κ3) is 5.46. The number of para-hydroxylation sites is 1. The SMILES string of the molecule is Cc1cc(OCC(=O)N2CCC3(CC2)C[C@H](NS(C)(=O)=O)[C@@](C)(O)CO3)c2ccccc2n1. The quantitative estimate of drug-likeness (QED) is 0.668. The van der Waals surface area contributed by atoms with Crippen molar-refractivity contribution in [2.75, 3.05) is 32.6 Å². The molecule has 1 aromatic carbocycles. The van der Waals surface area contributed by atoms with E-state index in [2.05, 4.69) is 9.71 Å². The van der Waals surface area contributed by atoms with Crippen LogP contribution in [-0.2, 0) is 19.6 Å². The Bertz CT molecular complexity index is 1140. The van der Waals surface area contributed by atoms with Crippen LogP contribution in [0.25, 0.3) is 10.9 Å². The molecule has 1 aromatic heterocycles. The third-order valence-electron chi connectivity index (χ3n) is 6.54. The van der Waals surface area contributed by atoms with E-state index in [4.69, 9.17) is 9.47 Å². The Labute approximate surface area is 194 Å². The molecule has 2 aliphatic heterocycles. The minimum atomic E-state index is -3.48. The van der Waals surface area contributed by atoms with Gasteiger partial charge in [0.15, 0.2) is 6.61 Å². The van der Waals surface area contributed by atoms with E-state index in [0.29, 0.717) is 38.1 Å². The summed E-state index contributed by atoms with van der Waals surface area (Å²) in [6.45, 7) is 4.37. The molecule has 1 amide bonds. The first kappa shape index (κ1) is 23.9. The number of carbonyl (C=O) groups is 1. The number of aromatic nitrogens is 1. The first-order chi connectivity index (χ1) is 15.5. The van der Waals surface area contributed by atoms with Crippen LogP contribution in [-0.4, -0.2) is 79.1 Å². The van der Waals surface area contributed by atoms with Gasteiger partial charge in [0.05, 0.1) is 30.0 Å². The second-order valence-corrected chi connectivity index (χ2v) is 11.2. The zero-order valence-corrected chi connectivity index (χ0v) is 20.0. The highest BCUT2D eigenvalue weighted by molar-refractivity contribution is 7.88. The van der Waals surface area contributed by atoms with Crippen molar-refractivity contribution in [3.8, 4) is 5.75 Å². The van der Waals surface area contributed by atoms with E-state index >= 15 is 0 Å². The molecule has 2 N–H and O–H groups in total. The molecule has 0 bridgehead atoms. The van der Waals surface area contributed by atoms with Gasteiger partial charge in [0, 0.05) is 30.2 Å². The Morgan fingerprint density at radius 3 is 2.73 bits per heavy atom. The van der Waals surface area contributed by atoms with Crippen LogP contribution in [0.5, 0.6) is 5.75 Å². The lowest BCUT2D eigenvalue weighted by atomic mass is 9.78. The summed E-state index contributed by atoms with van der Waals surface area (Å²) in [5, 5.41) is 11.4. The van der Waals surface area contributed by atoms with Gasteiger partial charge in [-0.05, 0) is 45.2 Å². The molecule has 2 aliphatic rings. The molecule has 1 spiro atoms. The maximum absolute atomic E-state index is 12.8. The number of pyridine rings is 1. The van der Waals surface area contributed by atoms with Gasteiger partial charge in [-0.25, -0.2) is 13.1 Å². The highest BCUT2D eigenvalue weighted by Crippen LogP contribution is 2.38. The maximum Gasteiger partial charge on any atom is 0.260 e. The second-order valence-electron chi connectivity index (χ2n) is 9.42. The molecule has 3 heterocycles. The van der Waals surface area contributed by atoms with Gasteiger partial charge in [0.2, 0.25) is 10.0 Å². The number of aliphatic hydroxyl groups is 1. The van der Waals surface area contributed by atoms with Crippen LogP contribution in [0.4, 0.5) is 0 Å². The van der Waals surface area contributed by atoms with Crippen LogP contribution in [0.3, 0.4) is 0 Å². The zero-order valence-electron chi connectivity index (χ0n) is 19.2. The summed E-state index contributed by atoms with van der Waals surface area (Å²) < 4.78 is 38.0. The number of nitrogens with one attached hydrogen (secondary N) is 1. The van der Waals surface area contributed by atoms with Crippen LogP contribution >= 0.6 is 0 Å². The lowest BCUT2D eigenvalue weighted by molar-refractivity contribution is -0.191. The minimum Gasteiger partial charge on any atom is -0.483 e. The van der Waals surface area contributed by atoms with E-state index in [9.17, 15) is 18.3 Å². The highest BCUT2D eigenvalue weighted by atomic mass is 32.2. The lowest BCUT2D eigenvalue weighted by Gasteiger charge is -2.50. The van der Waals surface area contributed by atoms with Gasteiger partial charge in [0.1, 0.15) is 11.4 Å². The predicted octanol–water partition coefficient (Wildman–Crippen LogP) is 1.37. The third-order valence-corrected chi connectivity index (χ3v) is 7.25. The monoisotopic (exact) mass is 477 g/mol. The van der Waals surface area contributed by atoms with Crippen molar-refractivity contribution in [2.24, 2.45) is 0 Å².